The number of oxazole rings is 1. The van der Waals surface area contributed by atoms with E-state index in [4.69, 9.17) is 16.0 Å². The second kappa shape index (κ2) is 5.75. The first kappa shape index (κ1) is 15.1. The smallest absolute Gasteiger partial charge is 0.271 e. The highest BCUT2D eigenvalue weighted by Crippen LogP contribution is 2.32. The van der Waals surface area contributed by atoms with Crippen LogP contribution in [0.2, 0.25) is 5.02 Å². The van der Waals surface area contributed by atoms with Crippen molar-refractivity contribution < 1.29 is 12.8 Å². The first-order valence-corrected chi connectivity index (χ1v) is 8.93. The summed E-state index contributed by atoms with van der Waals surface area (Å²) in [4.78, 5) is 4.70. The van der Waals surface area contributed by atoms with Crippen molar-refractivity contribution in [1.82, 2.24) is 4.98 Å². The Balaban J connectivity index is 1.88. The van der Waals surface area contributed by atoms with Crippen molar-refractivity contribution in [2.45, 2.75) is 11.1 Å². The summed E-state index contributed by atoms with van der Waals surface area (Å²) in [6.07, 6.45) is 1.57. The molecule has 22 heavy (non-hydrogen) atoms. The number of aromatic nitrogens is 1. The fourth-order valence-electron chi connectivity index (χ4n) is 1.83. The number of nitrogens with zero attached hydrogens (tertiary/aromatic N) is 1. The van der Waals surface area contributed by atoms with E-state index in [9.17, 15) is 8.42 Å². The van der Waals surface area contributed by atoms with Gasteiger partial charge in [-0.1, -0.05) is 17.7 Å². The third-order valence-corrected chi connectivity index (χ3v) is 6.00. The first-order chi connectivity index (χ1) is 10.4. The molecule has 0 atom stereocenters. The third-order valence-electron chi connectivity index (χ3n) is 2.79. The fraction of sp³-hybridized carbons (Fsp3) is 0.0714. The minimum atomic E-state index is -3.66. The predicted molar refractivity (Wildman–Crippen MR) is 86.8 cm³/mol. The lowest BCUT2D eigenvalue weighted by Crippen LogP contribution is -2.11. The molecule has 0 aliphatic rings. The third kappa shape index (κ3) is 3.16. The summed E-state index contributed by atoms with van der Waals surface area (Å²) in [6, 6.07) is 9.76. The Morgan fingerprint density at radius 3 is 2.77 bits per heavy atom. The van der Waals surface area contributed by atoms with E-state index in [-0.39, 0.29) is 4.21 Å². The molecule has 1 N–H and O–H groups in total. The maximum atomic E-state index is 12.4. The lowest BCUT2D eigenvalue weighted by molar-refractivity contribution is 0.535. The van der Waals surface area contributed by atoms with Crippen LogP contribution in [0.5, 0.6) is 0 Å². The van der Waals surface area contributed by atoms with Crippen LogP contribution < -0.4 is 4.72 Å². The summed E-state index contributed by atoms with van der Waals surface area (Å²) in [5.74, 6) is 1.08. The SMILES string of the molecule is Cc1ncc(-c2ccc(S(=O)(=O)Nc3cccc(Cl)c3)s2)o1. The van der Waals surface area contributed by atoms with E-state index in [0.717, 1.165) is 11.3 Å². The summed E-state index contributed by atoms with van der Waals surface area (Å²) < 4.78 is 32.8. The van der Waals surface area contributed by atoms with E-state index < -0.39 is 10.0 Å². The van der Waals surface area contributed by atoms with Crippen molar-refractivity contribution >= 4 is 38.6 Å². The van der Waals surface area contributed by atoms with Crippen molar-refractivity contribution in [3.8, 4) is 10.6 Å². The molecule has 0 amide bonds. The molecular formula is C14H11ClN2O3S2. The van der Waals surface area contributed by atoms with Crippen molar-refractivity contribution in [1.29, 1.82) is 0 Å². The lowest BCUT2D eigenvalue weighted by Gasteiger charge is -2.06. The van der Waals surface area contributed by atoms with Crippen molar-refractivity contribution in [3.63, 3.8) is 0 Å². The van der Waals surface area contributed by atoms with Crippen molar-refractivity contribution in [2.75, 3.05) is 4.72 Å². The predicted octanol–water partition coefficient (Wildman–Crippen LogP) is 4.17. The van der Waals surface area contributed by atoms with Gasteiger partial charge in [0.2, 0.25) is 0 Å². The van der Waals surface area contributed by atoms with Crippen LogP contribution in [0, 0.1) is 6.92 Å². The normalized spacial score (nSPS) is 11.5. The number of nitrogens with one attached hydrogen (secondary N) is 1. The van der Waals surface area contributed by atoms with E-state index in [1.807, 2.05) is 0 Å². The Morgan fingerprint density at radius 2 is 2.09 bits per heavy atom. The second-order valence-corrected chi connectivity index (χ2v) is 7.91. The largest absolute Gasteiger partial charge is 0.440 e. The van der Waals surface area contributed by atoms with Gasteiger partial charge in [0.25, 0.3) is 10.0 Å². The van der Waals surface area contributed by atoms with Crippen LogP contribution in [0.15, 0.2) is 51.2 Å². The molecule has 114 valence electrons. The van der Waals surface area contributed by atoms with Gasteiger partial charge in [0, 0.05) is 11.9 Å². The molecule has 0 spiro atoms. The molecule has 0 bridgehead atoms. The minimum absolute atomic E-state index is 0.191. The van der Waals surface area contributed by atoms with Crippen LogP contribution in [0.25, 0.3) is 10.6 Å². The highest BCUT2D eigenvalue weighted by Gasteiger charge is 2.18. The fourth-order valence-corrected chi connectivity index (χ4v) is 4.32. The van der Waals surface area contributed by atoms with Gasteiger partial charge in [-0.3, -0.25) is 4.72 Å². The molecule has 2 heterocycles. The highest BCUT2D eigenvalue weighted by atomic mass is 35.5. The van der Waals surface area contributed by atoms with Crippen molar-refractivity contribution in [3.05, 3.63) is 53.5 Å². The number of sulfonamides is 1. The number of anilines is 1. The molecule has 0 unspecified atom stereocenters. The maximum Gasteiger partial charge on any atom is 0.271 e. The molecule has 0 fully saturated rings. The van der Waals surface area contributed by atoms with Gasteiger partial charge in [0.05, 0.1) is 16.8 Å². The van der Waals surface area contributed by atoms with Gasteiger partial charge in [-0.15, -0.1) is 11.3 Å². The topological polar surface area (TPSA) is 72.2 Å². The monoisotopic (exact) mass is 354 g/mol. The lowest BCUT2D eigenvalue weighted by atomic mass is 10.3. The summed E-state index contributed by atoms with van der Waals surface area (Å²) in [7, 11) is -3.66. The Kier molecular flexibility index (Phi) is 3.94. The molecule has 0 aliphatic heterocycles. The summed E-state index contributed by atoms with van der Waals surface area (Å²) in [5, 5.41) is 0.462. The van der Waals surface area contributed by atoms with E-state index in [2.05, 4.69) is 9.71 Å². The van der Waals surface area contributed by atoms with E-state index in [1.165, 1.54) is 6.07 Å². The van der Waals surface area contributed by atoms with Crippen LogP contribution >= 0.6 is 22.9 Å². The van der Waals surface area contributed by atoms with Gasteiger partial charge in [-0.05, 0) is 30.3 Å². The van der Waals surface area contributed by atoms with Crippen LogP contribution in [0.4, 0.5) is 5.69 Å². The van der Waals surface area contributed by atoms with Crippen LogP contribution in [-0.4, -0.2) is 13.4 Å². The Bertz CT molecular complexity index is 916. The molecule has 8 heteroatoms. The van der Waals surface area contributed by atoms with Gasteiger partial charge in [0.15, 0.2) is 11.7 Å². The number of rotatable bonds is 4. The summed E-state index contributed by atoms with van der Waals surface area (Å²) in [5.41, 5.74) is 0.415. The average Bonchev–Trinajstić information content (AvgIpc) is 3.06. The molecule has 3 aromatic rings. The van der Waals surface area contributed by atoms with Crippen LogP contribution in [-0.2, 0) is 10.0 Å². The number of benzene rings is 1. The van der Waals surface area contributed by atoms with E-state index >= 15 is 0 Å². The highest BCUT2D eigenvalue weighted by molar-refractivity contribution is 7.94. The zero-order valence-corrected chi connectivity index (χ0v) is 13.8. The molecule has 3 rings (SSSR count). The van der Waals surface area contributed by atoms with Gasteiger partial charge in [-0.25, -0.2) is 13.4 Å². The van der Waals surface area contributed by atoms with Crippen LogP contribution in [0.1, 0.15) is 5.89 Å². The first-order valence-electron chi connectivity index (χ1n) is 6.25. The van der Waals surface area contributed by atoms with E-state index in [1.54, 1.807) is 43.5 Å². The van der Waals surface area contributed by atoms with Crippen molar-refractivity contribution in [2.24, 2.45) is 0 Å². The summed E-state index contributed by atoms with van der Waals surface area (Å²) in [6.45, 7) is 1.73. The Labute approximate surface area is 136 Å². The van der Waals surface area contributed by atoms with E-state index in [0.29, 0.717) is 27.2 Å². The number of thiophene rings is 1. The Morgan fingerprint density at radius 1 is 1.27 bits per heavy atom. The molecular weight excluding hydrogens is 344 g/mol. The van der Waals surface area contributed by atoms with Gasteiger partial charge in [0.1, 0.15) is 4.21 Å². The molecule has 0 aliphatic carbocycles. The number of halogens is 1. The number of hydrogen-bond donors (Lipinski definition) is 1. The zero-order valence-electron chi connectivity index (χ0n) is 11.4. The maximum absolute atomic E-state index is 12.4. The second-order valence-electron chi connectivity index (χ2n) is 4.48. The minimum Gasteiger partial charge on any atom is -0.440 e. The summed E-state index contributed by atoms with van der Waals surface area (Å²) >= 11 is 6.97. The van der Waals surface area contributed by atoms with Gasteiger partial charge in [-0.2, -0.15) is 0 Å². The molecule has 0 saturated heterocycles. The average molecular weight is 355 g/mol. The molecule has 2 aromatic heterocycles. The quantitative estimate of drug-likeness (QED) is 0.763. The number of hydrogen-bond acceptors (Lipinski definition) is 5. The Hall–Kier alpha value is -1.83. The number of aryl methyl sites for hydroxylation is 1. The molecule has 1 aromatic carbocycles. The molecule has 0 saturated carbocycles. The molecule has 5 nitrogen and oxygen atoms in total. The van der Waals surface area contributed by atoms with Crippen LogP contribution in [0.3, 0.4) is 0 Å². The van der Waals surface area contributed by atoms with Gasteiger partial charge < -0.3 is 4.42 Å². The zero-order chi connectivity index (χ0) is 15.7. The van der Waals surface area contributed by atoms with Gasteiger partial charge >= 0.3 is 0 Å². The standard InChI is InChI=1S/C14H11ClN2O3S2/c1-9-16-8-12(20-9)13-5-6-14(21-13)22(18,19)17-11-4-2-3-10(15)7-11/h2-8,17H,1H3. The molecule has 0 radical (unpaired) electrons.